The van der Waals surface area contributed by atoms with Gasteiger partial charge in [-0.1, -0.05) is 12.1 Å². The molecule has 4 heterocycles. The van der Waals surface area contributed by atoms with Crippen molar-refractivity contribution >= 4 is 11.7 Å². The molecule has 37 heavy (non-hydrogen) atoms. The summed E-state index contributed by atoms with van der Waals surface area (Å²) in [6, 6.07) is 8.67. The van der Waals surface area contributed by atoms with Crippen molar-refractivity contribution in [3.8, 4) is 17.3 Å². The fourth-order valence-corrected chi connectivity index (χ4v) is 4.51. The molecule has 12 heteroatoms. The summed E-state index contributed by atoms with van der Waals surface area (Å²) in [5.41, 5.74) is 2.28. The van der Waals surface area contributed by atoms with Crippen LogP contribution >= 0.6 is 0 Å². The Balaban J connectivity index is 1.21. The van der Waals surface area contributed by atoms with Crippen LogP contribution in [0.1, 0.15) is 15.9 Å². The Morgan fingerprint density at radius 2 is 1.92 bits per heavy atom. The molecule has 2 aliphatic rings. The summed E-state index contributed by atoms with van der Waals surface area (Å²) in [6.07, 6.45) is 3.14. The molecule has 0 radical (unpaired) electrons. The van der Waals surface area contributed by atoms with E-state index in [9.17, 15) is 19.3 Å². The number of pyridine rings is 1. The van der Waals surface area contributed by atoms with Crippen molar-refractivity contribution in [3.05, 3.63) is 69.8 Å². The summed E-state index contributed by atoms with van der Waals surface area (Å²) in [6.45, 7) is 5.53. The predicted molar refractivity (Wildman–Crippen MR) is 133 cm³/mol. The molecule has 0 saturated carbocycles. The molecule has 11 nitrogen and oxygen atoms in total. The van der Waals surface area contributed by atoms with Crippen molar-refractivity contribution in [1.29, 1.82) is 0 Å². The van der Waals surface area contributed by atoms with Gasteiger partial charge in [-0.05, 0) is 35.7 Å². The van der Waals surface area contributed by atoms with Crippen molar-refractivity contribution in [1.82, 2.24) is 29.2 Å². The Hall–Kier alpha value is -3.90. The third-order valence-corrected chi connectivity index (χ3v) is 6.73. The molecule has 3 aromatic rings. The van der Waals surface area contributed by atoms with E-state index in [2.05, 4.69) is 19.8 Å². The van der Waals surface area contributed by atoms with Crippen molar-refractivity contribution < 1.29 is 18.8 Å². The fourth-order valence-electron chi connectivity index (χ4n) is 4.51. The van der Waals surface area contributed by atoms with E-state index in [4.69, 9.17) is 4.74 Å². The van der Waals surface area contributed by atoms with Crippen molar-refractivity contribution in [2.45, 2.75) is 13.1 Å². The first-order valence-electron chi connectivity index (χ1n) is 12.2. The molecular weight excluding hydrogens is 481 g/mol. The third-order valence-electron chi connectivity index (χ3n) is 6.73. The van der Waals surface area contributed by atoms with E-state index in [1.165, 1.54) is 18.3 Å². The maximum Gasteiger partial charge on any atom is 0.414 e. The number of nitro groups is 1. The number of carbonyl (C=O) groups is 1. The summed E-state index contributed by atoms with van der Waals surface area (Å²) in [4.78, 5) is 37.6. The number of nitrogens with zero attached hydrogens (tertiary/aromatic N) is 7. The summed E-state index contributed by atoms with van der Waals surface area (Å²) in [5.74, 6) is -1.06. The zero-order valence-corrected chi connectivity index (χ0v) is 20.5. The predicted octanol–water partition coefficient (Wildman–Crippen LogP) is 2.27. The molecule has 1 saturated heterocycles. The van der Waals surface area contributed by atoms with Gasteiger partial charge in [0.05, 0.1) is 11.3 Å². The first-order chi connectivity index (χ1) is 17.9. The Morgan fingerprint density at radius 3 is 2.62 bits per heavy atom. The van der Waals surface area contributed by atoms with Gasteiger partial charge in [-0.25, -0.2) is 4.39 Å². The Bertz CT molecular complexity index is 1290. The maximum atomic E-state index is 14.9. The zero-order valence-electron chi connectivity index (χ0n) is 20.5. The van der Waals surface area contributed by atoms with Gasteiger partial charge in [0.2, 0.25) is 0 Å². The van der Waals surface area contributed by atoms with Crippen LogP contribution < -0.4 is 4.74 Å². The van der Waals surface area contributed by atoms with Crippen LogP contribution in [0.25, 0.3) is 11.3 Å². The lowest BCUT2D eigenvalue weighted by atomic mass is 10.1. The van der Waals surface area contributed by atoms with Gasteiger partial charge in [-0.2, -0.15) is 0 Å². The van der Waals surface area contributed by atoms with Crippen molar-refractivity contribution in [2.24, 2.45) is 0 Å². The largest absolute Gasteiger partial charge is 0.444 e. The topological polar surface area (TPSA) is 110 Å². The Morgan fingerprint density at radius 1 is 1.11 bits per heavy atom. The maximum absolute atomic E-state index is 14.9. The normalized spacial score (nSPS) is 17.0. The van der Waals surface area contributed by atoms with Crippen molar-refractivity contribution in [2.75, 3.05) is 52.9 Å². The Kier molecular flexibility index (Phi) is 7.10. The molecule has 1 amide bonds. The smallest absolute Gasteiger partial charge is 0.414 e. The standard InChI is InChI=1S/C25H28FN7O4/c1-29-6-9-31(10-7-29)24(34)20-4-3-19(14-21(20)26)22-5-2-18(15-27-22)16-30-8-11-32-17-23(33(35)36)28-25(32)37-13-12-30/h2-5,14-15,17H,6-13,16H2,1H3. The molecule has 0 unspecified atom stereocenters. The lowest BCUT2D eigenvalue weighted by molar-refractivity contribution is -0.389. The third kappa shape index (κ3) is 5.59. The number of piperazine rings is 1. The highest BCUT2D eigenvalue weighted by Gasteiger charge is 2.24. The second kappa shape index (κ2) is 10.6. The van der Waals surface area contributed by atoms with Gasteiger partial charge in [0.15, 0.2) is 0 Å². The average molecular weight is 510 g/mol. The number of carbonyl (C=O) groups excluding carboxylic acids is 1. The van der Waals surface area contributed by atoms with Crippen LogP contribution in [0.4, 0.5) is 10.2 Å². The number of hydrogen-bond acceptors (Lipinski definition) is 8. The minimum absolute atomic E-state index is 0.0793. The van der Waals surface area contributed by atoms with Crippen LogP contribution in [0.2, 0.25) is 0 Å². The van der Waals surface area contributed by atoms with E-state index in [0.717, 1.165) is 18.7 Å². The minimum atomic E-state index is -0.549. The number of benzene rings is 1. The van der Waals surface area contributed by atoms with E-state index >= 15 is 0 Å². The minimum Gasteiger partial charge on any atom is -0.444 e. The number of fused-ring (bicyclic) bond motifs is 1. The molecule has 2 aliphatic heterocycles. The highest BCUT2D eigenvalue weighted by atomic mass is 19.1. The highest BCUT2D eigenvalue weighted by Crippen LogP contribution is 2.23. The van der Waals surface area contributed by atoms with Crippen LogP contribution in [0, 0.1) is 15.9 Å². The molecule has 0 bridgehead atoms. The highest BCUT2D eigenvalue weighted by molar-refractivity contribution is 5.95. The van der Waals surface area contributed by atoms with E-state index in [1.54, 1.807) is 21.7 Å². The van der Waals surface area contributed by atoms with E-state index in [0.29, 0.717) is 57.1 Å². The molecule has 0 N–H and O–H groups in total. The van der Waals surface area contributed by atoms with Gasteiger partial charge in [0.25, 0.3) is 5.91 Å². The summed E-state index contributed by atoms with van der Waals surface area (Å²) in [5, 5.41) is 11.0. The average Bonchev–Trinajstić information content (AvgIpc) is 3.28. The van der Waals surface area contributed by atoms with Crippen LogP contribution in [0.5, 0.6) is 6.01 Å². The number of aromatic nitrogens is 3. The van der Waals surface area contributed by atoms with Gasteiger partial charge in [0.1, 0.15) is 18.6 Å². The molecule has 1 aromatic carbocycles. The van der Waals surface area contributed by atoms with Gasteiger partial charge in [-0.15, -0.1) is 0 Å². The van der Waals surface area contributed by atoms with Gasteiger partial charge < -0.3 is 24.7 Å². The quantitative estimate of drug-likeness (QED) is 0.381. The molecule has 194 valence electrons. The first kappa shape index (κ1) is 24.8. The molecule has 1 fully saturated rings. The number of rotatable bonds is 5. The number of halogens is 1. The summed E-state index contributed by atoms with van der Waals surface area (Å²) < 4.78 is 22.1. The lowest BCUT2D eigenvalue weighted by Gasteiger charge is -2.32. The van der Waals surface area contributed by atoms with Crippen molar-refractivity contribution in [3.63, 3.8) is 0 Å². The molecule has 0 atom stereocenters. The van der Waals surface area contributed by atoms with Gasteiger partial charge in [-0.3, -0.25) is 19.2 Å². The first-order valence-corrected chi connectivity index (χ1v) is 12.2. The number of ether oxygens (including phenoxy) is 1. The number of amides is 1. The number of hydrogen-bond donors (Lipinski definition) is 0. The lowest BCUT2D eigenvalue weighted by Crippen LogP contribution is -2.47. The number of imidazole rings is 1. The summed E-state index contributed by atoms with van der Waals surface area (Å²) in [7, 11) is 2.00. The van der Waals surface area contributed by atoms with Crippen LogP contribution in [0.3, 0.4) is 0 Å². The second-order valence-electron chi connectivity index (χ2n) is 9.30. The van der Waals surface area contributed by atoms with E-state index in [-0.39, 0.29) is 23.3 Å². The van der Waals surface area contributed by atoms with E-state index < -0.39 is 10.7 Å². The monoisotopic (exact) mass is 509 g/mol. The molecule has 0 aliphatic carbocycles. The molecule has 2 aromatic heterocycles. The molecule has 0 spiro atoms. The fraction of sp³-hybridized carbons (Fsp3) is 0.400. The molecule has 5 rings (SSSR count). The summed E-state index contributed by atoms with van der Waals surface area (Å²) >= 11 is 0. The molecular formula is C25H28FN7O4. The van der Waals surface area contributed by atoms with Crippen LogP contribution in [0.15, 0.2) is 42.7 Å². The van der Waals surface area contributed by atoms with Crippen LogP contribution in [-0.2, 0) is 13.1 Å². The Labute approximate surface area is 213 Å². The van der Waals surface area contributed by atoms with Gasteiger partial charge >= 0.3 is 11.8 Å². The van der Waals surface area contributed by atoms with Gasteiger partial charge in [0, 0.05) is 69.1 Å². The second-order valence-corrected chi connectivity index (χ2v) is 9.30. The number of likely N-dealkylation sites (N-methyl/N-ethyl adjacent to an activating group) is 1. The SMILES string of the molecule is CN1CCN(C(=O)c2ccc(-c3ccc(CN4CCOc5nc([N+](=O)[O-])cn5CC4)cn3)cc2F)CC1. The van der Waals surface area contributed by atoms with E-state index in [1.807, 2.05) is 19.2 Å². The van der Waals surface area contributed by atoms with Crippen LogP contribution in [-0.4, -0.2) is 93.0 Å². The zero-order chi connectivity index (χ0) is 25.9.